The Morgan fingerprint density at radius 3 is 2.80 bits per heavy atom. The predicted octanol–water partition coefficient (Wildman–Crippen LogP) is 2.47. The van der Waals surface area contributed by atoms with E-state index in [9.17, 15) is 9.90 Å². The summed E-state index contributed by atoms with van der Waals surface area (Å²) in [5.41, 5.74) is 0.451. The maximum Gasteiger partial charge on any atom is 0.310 e. The van der Waals surface area contributed by atoms with E-state index in [1.54, 1.807) is 0 Å². The number of likely N-dealkylation sites (tertiary alicyclic amines) is 1. The number of hydrogen-bond donors (Lipinski definition) is 1. The van der Waals surface area contributed by atoms with Gasteiger partial charge in [-0.25, -0.2) is 0 Å². The van der Waals surface area contributed by atoms with Gasteiger partial charge in [0, 0.05) is 17.6 Å². The monoisotopic (exact) mass is 341 g/mol. The van der Waals surface area contributed by atoms with Crippen LogP contribution in [0, 0.1) is 5.41 Å². The van der Waals surface area contributed by atoms with Crippen molar-refractivity contribution in [1.29, 1.82) is 0 Å². The lowest BCUT2D eigenvalue weighted by Crippen LogP contribution is -2.31. The van der Waals surface area contributed by atoms with Crippen molar-refractivity contribution in [1.82, 2.24) is 4.90 Å². The van der Waals surface area contributed by atoms with Gasteiger partial charge in [0.15, 0.2) is 11.5 Å². The number of aliphatic carboxylic acids is 1. The molecule has 0 amide bonds. The molecule has 108 valence electrons. The fraction of sp³-hybridized carbons (Fsp3) is 0.500. The van der Waals surface area contributed by atoms with Crippen LogP contribution in [0.15, 0.2) is 16.6 Å². The molecule has 0 aliphatic carbocycles. The second kappa shape index (κ2) is 4.93. The number of halogens is 1. The Bertz CT molecular complexity index is 562. The lowest BCUT2D eigenvalue weighted by molar-refractivity contribution is -0.147. The highest BCUT2D eigenvalue weighted by molar-refractivity contribution is 9.10. The molecule has 20 heavy (non-hydrogen) atoms. The Labute approximate surface area is 125 Å². The molecule has 2 aliphatic rings. The van der Waals surface area contributed by atoms with Crippen LogP contribution >= 0.6 is 15.9 Å². The van der Waals surface area contributed by atoms with Crippen LogP contribution in [0.25, 0.3) is 0 Å². The maximum atomic E-state index is 11.3. The lowest BCUT2D eigenvalue weighted by Gasteiger charge is -2.20. The Morgan fingerprint density at radius 1 is 1.45 bits per heavy atom. The highest BCUT2D eigenvalue weighted by Gasteiger charge is 2.40. The molecule has 6 heteroatoms. The van der Waals surface area contributed by atoms with Crippen LogP contribution in [0.2, 0.25) is 0 Å². The summed E-state index contributed by atoms with van der Waals surface area (Å²) in [5, 5.41) is 9.27. The number of benzene rings is 1. The average Bonchev–Trinajstić information content (AvgIpc) is 2.97. The lowest BCUT2D eigenvalue weighted by atomic mass is 9.90. The van der Waals surface area contributed by atoms with E-state index >= 15 is 0 Å². The van der Waals surface area contributed by atoms with E-state index in [1.807, 2.05) is 19.1 Å². The molecule has 0 bridgehead atoms. The third-order valence-corrected chi connectivity index (χ3v) is 4.74. The van der Waals surface area contributed by atoms with Gasteiger partial charge in [0.25, 0.3) is 0 Å². The summed E-state index contributed by atoms with van der Waals surface area (Å²) in [6.07, 6.45) is 0.685. The second-order valence-corrected chi connectivity index (χ2v) is 6.48. The van der Waals surface area contributed by atoms with Crippen LogP contribution in [-0.4, -0.2) is 35.9 Å². The average molecular weight is 342 g/mol. The first-order valence-electron chi connectivity index (χ1n) is 6.52. The van der Waals surface area contributed by atoms with Crippen LogP contribution in [0.1, 0.15) is 18.9 Å². The Kier molecular flexibility index (Phi) is 3.38. The van der Waals surface area contributed by atoms with E-state index in [0.717, 1.165) is 28.1 Å². The number of hydrogen-bond acceptors (Lipinski definition) is 4. The molecule has 3 rings (SSSR count). The van der Waals surface area contributed by atoms with Crippen LogP contribution in [0.5, 0.6) is 11.5 Å². The first-order chi connectivity index (χ1) is 9.48. The number of rotatable bonds is 3. The number of carbonyl (C=O) groups is 1. The van der Waals surface area contributed by atoms with Crippen molar-refractivity contribution in [2.75, 3.05) is 19.9 Å². The Morgan fingerprint density at radius 2 is 2.15 bits per heavy atom. The van der Waals surface area contributed by atoms with Crippen molar-refractivity contribution in [2.24, 2.45) is 5.41 Å². The first-order valence-corrected chi connectivity index (χ1v) is 7.31. The van der Waals surface area contributed by atoms with E-state index in [-0.39, 0.29) is 6.79 Å². The molecule has 0 spiro atoms. The van der Waals surface area contributed by atoms with Gasteiger partial charge in [-0.2, -0.15) is 0 Å². The molecule has 2 heterocycles. The molecule has 0 saturated carbocycles. The molecule has 1 N–H and O–H groups in total. The van der Waals surface area contributed by atoms with E-state index < -0.39 is 11.4 Å². The third-order valence-electron chi connectivity index (χ3n) is 4.00. The van der Waals surface area contributed by atoms with Crippen molar-refractivity contribution in [3.05, 3.63) is 22.2 Å². The molecule has 5 nitrogen and oxygen atoms in total. The third kappa shape index (κ3) is 2.38. The van der Waals surface area contributed by atoms with Crippen LogP contribution in [-0.2, 0) is 11.3 Å². The molecular formula is C14H16BrNO4. The highest BCUT2D eigenvalue weighted by atomic mass is 79.9. The van der Waals surface area contributed by atoms with Crippen molar-refractivity contribution in [2.45, 2.75) is 19.9 Å². The summed E-state index contributed by atoms with van der Waals surface area (Å²) < 4.78 is 11.7. The quantitative estimate of drug-likeness (QED) is 0.915. The highest BCUT2D eigenvalue weighted by Crippen LogP contribution is 2.38. The van der Waals surface area contributed by atoms with Crippen LogP contribution in [0.3, 0.4) is 0 Å². The minimum absolute atomic E-state index is 0.256. The number of ether oxygens (including phenoxy) is 2. The topological polar surface area (TPSA) is 59.0 Å². The molecule has 1 fully saturated rings. The van der Waals surface area contributed by atoms with E-state index in [2.05, 4.69) is 20.8 Å². The van der Waals surface area contributed by atoms with Crippen LogP contribution < -0.4 is 9.47 Å². The largest absolute Gasteiger partial charge is 0.481 e. The normalized spacial score (nSPS) is 25.1. The van der Waals surface area contributed by atoms with Gasteiger partial charge in [0.05, 0.1) is 5.41 Å². The van der Waals surface area contributed by atoms with Gasteiger partial charge >= 0.3 is 5.97 Å². The van der Waals surface area contributed by atoms with Crippen molar-refractivity contribution < 1.29 is 19.4 Å². The fourth-order valence-electron chi connectivity index (χ4n) is 2.69. The van der Waals surface area contributed by atoms with E-state index in [0.29, 0.717) is 19.5 Å². The van der Waals surface area contributed by atoms with Gasteiger partial charge in [-0.15, -0.1) is 0 Å². The first kappa shape index (κ1) is 13.7. The molecular weight excluding hydrogens is 326 g/mol. The van der Waals surface area contributed by atoms with Crippen molar-refractivity contribution >= 4 is 21.9 Å². The van der Waals surface area contributed by atoms with Crippen molar-refractivity contribution in [3.63, 3.8) is 0 Å². The molecule has 1 aromatic carbocycles. The van der Waals surface area contributed by atoms with Gasteiger partial charge in [0.2, 0.25) is 6.79 Å². The van der Waals surface area contributed by atoms with Gasteiger partial charge in [-0.1, -0.05) is 15.9 Å². The van der Waals surface area contributed by atoms with Gasteiger partial charge < -0.3 is 14.6 Å². The maximum absolute atomic E-state index is 11.3. The molecule has 0 aromatic heterocycles. The molecule has 1 aromatic rings. The fourth-order valence-corrected chi connectivity index (χ4v) is 3.14. The number of fused-ring (bicyclic) bond motifs is 1. The van der Waals surface area contributed by atoms with E-state index in [4.69, 9.17) is 9.47 Å². The smallest absolute Gasteiger partial charge is 0.310 e. The summed E-state index contributed by atoms with van der Waals surface area (Å²) in [7, 11) is 0. The molecule has 1 saturated heterocycles. The Hall–Kier alpha value is -1.27. The number of carboxylic acid groups (broad SMARTS) is 1. The zero-order valence-corrected chi connectivity index (χ0v) is 12.8. The zero-order valence-electron chi connectivity index (χ0n) is 11.2. The molecule has 2 aliphatic heterocycles. The second-order valence-electron chi connectivity index (χ2n) is 5.62. The van der Waals surface area contributed by atoms with Gasteiger partial charge in [-0.3, -0.25) is 9.69 Å². The summed E-state index contributed by atoms with van der Waals surface area (Å²) in [6, 6.07) is 3.87. The number of nitrogens with zero attached hydrogens (tertiary/aromatic N) is 1. The van der Waals surface area contributed by atoms with Crippen LogP contribution in [0.4, 0.5) is 0 Å². The molecule has 1 atom stereocenters. The van der Waals surface area contributed by atoms with E-state index in [1.165, 1.54) is 0 Å². The molecule has 1 unspecified atom stereocenters. The molecule has 0 radical (unpaired) electrons. The van der Waals surface area contributed by atoms with Gasteiger partial charge in [0.1, 0.15) is 0 Å². The van der Waals surface area contributed by atoms with Crippen molar-refractivity contribution in [3.8, 4) is 11.5 Å². The number of carboxylic acids is 1. The predicted molar refractivity (Wildman–Crippen MR) is 75.9 cm³/mol. The summed E-state index contributed by atoms with van der Waals surface area (Å²) in [6.45, 7) is 4.14. The Balaban J connectivity index is 1.75. The van der Waals surface area contributed by atoms with Gasteiger partial charge in [-0.05, 0) is 37.6 Å². The minimum atomic E-state index is -0.718. The summed E-state index contributed by atoms with van der Waals surface area (Å²) in [4.78, 5) is 13.4. The zero-order chi connectivity index (χ0) is 14.3. The standard InChI is InChI=1S/C14H16BrNO4/c1-14(13(17)18)2-3-16(7-14)6-9-4-11-12(5-10(9)15)20-8-19-11/h4-5H,2-3,6-8H2,1H3,(H,17,18). The minimum Gasteiger partial charge on any atom is -0.481 e. The summed E-state index contributed by atoms with van der Waals surface area (Å²) in [5.74, 6) is 0.783. The SMILES string of the molecule is CC1(C(=O)O)CCN(Cc2cc3c(cc2Br)OCO3)C1. The summed E-state index contributed by atoms with van der Waals surface area (Å²) >= 11 is 3.54.